The summed E-state index contributed by atoms with van der Waals surface area (Å²) in [5.41, 5.74) is 1.06. The summed E-state index contributed by atoms with van der Waals surface area (Å²) in [6, 6.07) is 5.95. The molecule has 1 aromatic carbocycles. The van der Waals surface area contributed by atoms with Crippen LogP contribution in [0.25, 0.3) is 0 Å². The molecule has 162 valence electrons. The first-order chi connectivity index (χ1) is 14.0. The number of urea groups is 1. The SMILES string of the molecule is CCOc1ccc(CCC(=O)N2CCC(NC(=O)N(CC)CC)CC2)cc1OC. The number of carbonyl (C=O) groups excluding carboxylic acids is 2. The molecule has 0 unspecified atom stereocenters. The van der Waals surface area contributed by atoms with Crippen LogP contribution in [0.1, 0.15) is 45.6 Å². The van der Waals surface area contributed by atoms with Crippen molar-refractivity contribution in [2.24, 2.45) is 0 Å². The predicted octanol–water partition coefficient (Wildman–Crippen LogP) is 3.07. The molecule has 1 aliphatic rings. The minimum absolute atomic E-state index is 0.00998. The van der Waals surface area contributed by atoms with Gasteiger partial charge in [0.25, 0.3) is 0 Å². The summed E-state index contributed by atoms with van der Waals surface area (Å²) in [7, 11) is 1.62. The van der Waals surface area contributed by atoms with E-state index in [9.17, 15) is 9.59 Å². The predicted molar refractivity (Wildman–Crippen MR) is 114 cm³/mol. The Bertz CT molecular complexity index is 668. The minimum atomic E-state index is -0.00998. The van der Waals surface area contributed by atoms with Crippen molar-refractivity contribution in [3.05, 3.63) is 23.8 Å². The molecule has 1 N–H and O–H groups in total. The third kappa shape index (κ3) is 6.54. The van der Waals surface area contributed by atoms with Crippen LogP contribution in [0, 0.1) is 0 Å². The van der Waals surface area contributed by atoms with Crippen LogP contribution < -0.4 is 14.8 Å². The lowest BCUT2D eigenvalue weighted by atomic mass is 10.0. The molecule has 7 nitrogen and oxygen atoms in total. The maximum atomic E-state index is 12.6. The maximum absolute atomic E-state index is 12.6. The van der Waals surface area contributed by atoms with Crippen LogP contribution in [0.15, 0.2) is 18.2 Å². The lowest BCUT2D eigenvalue weighted by Crippen LogP contribution is -2.50. The molecule has 0 aromatic heterocycles. The van der Waals surface area contributed by atoms with E-state index in [-0.39, 0.29) is 18.0 Å². The number of carbonyl (C=O) groups is 2. The van der Waals surface area contributed by atoms with E-state index in [1.54, 1.807) is 12.0 Å². The molecule has 0 aliphatic carbocycles. The van der Waals surface area contributed by atoms with E-state index in [2.05, 4.69) is 5.32 Å². The van der Waals surface area contributed by atoms with Gasteiger partial charge < -0.3 is 24.6 Å². The molecule has 1 aromatic rings. The summed E-state index contributed by atoms with van der Waals surface area (Å²) < 4.78 is 10.9. The van der Waals surface area contributed by atoms with E-state index in [0.717, 1.165) is 24.2 Å². The first-order valence-corrected chi connectivity index (χ1v) is 10.6. The summed E-state index contributed by atoms with van der Waals surface area (Å²) in [5.74, 6) is 1.58. The minimum Gasteiger partial charge on any atom is -0.493 e. The number of nitrogens with one attached hydrogen (secondary N) is 1. The molecule has 1 fully saturated rings. The average Bonchev–Trinajstić information content (AvgIpc) is 2.74. The Morgan fingerprint density at radius 3 is 2.41 bits per heavy atom. The average molecular weight is 406 g/mol. The van der Waals surface area contributed by atoms with Gasteiger partial charge in [0.2, 0.25) is 5.91 Å². The summed E-state index contributed by atoms with van der Waals surface area (Å²) in [6.45, 7) is 9.26. The number of benzene rings is 1. The fourth-order valence-corrected chi connectivity index (χ4v) is 3.60. The largest absolute Gasteiger partial charge is 0.493 e. The number of ether oxygens (including phenoxy) is 2. The molecule has 0 saturated carbocycles. The Labute approximate surface area is 174 Å². The topological polar surface area (TPSA) is 71.1 Å². The van der Waals surface area contributed by atoms with Gasteiger partial charge in [-0.25, -0.2) is 4.79 Å². The number of amides is 3. The normalized spacial score (nSPS) is 14.4. The summed E-state index contributed by atoms with van der Waals surface area (Å²) in [5, 5.41) is 3.09. The van der Waals surface area contributed by atoms with Crippen molar-refractivity contribution in [2.45, 2.75) is 52.5 Å². The van der Waals surface area contributed by atoms with Crippen LogP contribution in [0.3, 0.4) is 0 Å². The molecule has 7 heteroatoms. The number of likely N-dealkylation sites (tertiary alicyclic amines) is 1. The zero-order valence-corrected chi connectivity index (χ0v) is 18.2. The fourth-order valence-electron chi connectivity index (χ4n) is 3.60. The summed E-state index contributed by atoms with van der Waals surface area (Å²) >= 11 is 0. The number of aryl methyl sites for hydroxylation is 1. The summed E-state index contributed by atoms with van der Waals surface area (Å²) in [6.07, 6.45) is 2.74. The van der Waals surface area contributed by atoms with Crippen LogP contribution in [0.5, 0.6) is 11.5 Å². The number of rotatable bonds is 9. The van der Waals surface area contributed by atoms with Crippen LogP contribution in [-0.4, -0.2) is 67.7 Å². The second kappa shape index (κ2) is 11.5. The number of piperidine rings is 1. The van der Waals surface area contributed by atoms with Gasteiger partial charge in [0, 0.05) is 38.6 Å². The van der Waals surface area contributed by atoms with Crippen LogP contribution >= 0.6 is 0 Å². The maximum Gasteiger partial charge on any atom is 0.317 e. The van der Waals surface area contributed by atoms with Crippen molar-refractivity contribution in [1.29, 1.82) is 0 Å². The standard InChI is InChI=1S/C22H35N3O4/c1-5-24(6-2)22(27)23-18-12-14-25(15-13-18)21(26)11-9-17-8-10-19(29-7-3)20(16-17)28-4/h8,10,16,18H,5-7,9,11-15H2,1-4H3,(H,23,27). The third-order valence-corrected chi connectivity index (χ3v) is 5.38. The van der Waals surface area contributed by atoms with Gasteiger partial charge in [-0.15, -0.1) is 0 Å². The molecular formula is C22H35N3O4. The number of hydrogen-bond donors (Lipinski definition) is 1. The van der Waals surface area contributed by atoms with Crippen LogP contribution in [-0.2, 0) is 11.2 Å². The van der Waals surface area contributed by atoms with Crippen molar-refractivity contribution in [3.63, 3.8) is 0 Å². The highest BCUT2D eigenvalue weighted by atomic mass is 16.5. The number of nitrogens with zero attached hydrogens (tertiary/aromatic N) is 2. The van der Waals surface area contributed by atoms with E-state index in [0.29, 0.717) is 51.4 Å². The molecule has 0 atom stereocenters. The first kappa shape index (κ1) is 22.8. The van der Waals surface area contributed by atoms with Gasteiger partial charge >= 0.3 is 6.03 Å². The second-order valence-electron chi connectivity index (χ2n) is 7.20. The van der Waals surface area contributed by atoms with Crippen LogP contribution in [0.2, 0.25) is 0 Å². The fraction of sp³-hybridized carbons (Fsp3) is 0.636. The molecule has 29 heavy (non-hydrogen) atoms. The van der Waals surface area contributed by atoms with Gasteiger partial charge in [0.15, 0.2) is 11.5 Å². The molecule has 2 rings (SSSR count). The number of methoxy groups -OCH3 is 1. The Morgan fingerprint density at radius 1 is 1.14 bits per heavy atom. The van der Waals surface area contributed by atoms with E-state index >= 15 is 0 Å². The Hall–Kier alpha value is -2.44. The van der Waals surface area contributed by atoms with Crippen molar-refractivity contribution in [1.82, 2.24) is 15.1 Å². The van der Waals surface area contributed by atoms with Crippen molar-refractivity contribution in [2.75, 3.05) is 39.9 Å². The van der Waals surface area contributed by atoms with Gasteiger partial charge in [0.05, 0.1) is 13.7 Å². The van der Waals surface area contributed by atoms with E-state index in [1.807, 2.05) is 43.9 Å². The number of hydrogen-bond acceptors (Lipinski definition) is 4. The molecule has 3 amide bonds. The molecule has 0 radical (unpaired) electrons. The smallest absolute Gasteiger partial charge is 0.317 e. The van der Waals surface area contributed by atoms with Crippen molar-refractivity contribution >= 4 is 11.9 Å². The van der Waals surface area contributed by atoms with E-state index in [4.69, 9.17) is 9.47 Å². The Morgan fingerprint density at radius 2 is 1.83 bits per heavy atom. The quantitative estimate of drug-likeness (QED) is 0.685. The highest BCUT2D eigenvalue weighted by Gasteiger charge is 2.24. The van der Waals surface area contributed by atoms with E-state index < -0.39 is 0 Å². The summed E-state index contributed by atoms with van der Waals surface area (Å²) in [4.78, 5) is 28.5. The second-order valence-corrected chi connectivity index (χ2v) is 7.20. The van der Waals surface area contributed by atoms with Gasteiger partial charge in [0.1, 0.15) is 0 Å². The molecule has 1 heterocycles. The Balaban J connectivity index is 1.79. The highest BCUT2D eigenvalue weighted by Crippen LogP contribution is 2.28. The highest BCUT2D eigenvalue weighted by molar-refractivity contribution is 5.77. The van der Waals surface area contributed by atoms with Crippen LogP contribution in [0.4, 0.5) is 4.79 Å². The first-order valence-electron chi connectivity index (χ1n) is 10.6. The van der Waals surface area contributed by atoms with Gasteiger partial charge in [-0.3, -0.25) is 4.79 Å². The monoisotopic (exact) mass is 405 g/mol. The zero-order chi connectivity index (χ0) is 21.2. The molecule has 1 aliphatic heterocycles. The van der Waals surface area contributed by atoms with E-state index in [1.165, 1.54) is 0 Å². The van der Waals surface area contributed by atoms with Gasteiger partial charge in [-0.05, 0) is 57.7 Å². The zero-order valence-electron chi connectivity index (χ0n) is 18.2. The lowest BCUT2D eigenvalue weighted by molar-refractivity contribution is -0.132. The molecule has 0 spiro atoms. The molecular weight excluding hydrogens is 370 g/mol. The lowest BCUT2D eigenvalue weighted by Gasteiger charge is -2.33. The van der Waals surface area contributed by atoms with Gasteiger partial charge in [-0.2, -0.15) is 0 Å². The van der Waals surface area contributed by atoms with Gasteiger partial charge in [-0.1, -0.05) is 6.07 Å². The molecule has 1 saturated heterocycles. The van der Waals surface area contributed by atoms with Crippen molar-refractivity contribution in [3.8, 4) is 11.5 Å². The van der Waals surface area contributed by atoms with Crippen molar-refractivity contribution < 1.29 is 19.1 Å². The molecule has 0 bridgehead atoms. The third-order valence-electron chi connectivity index (χ3n) is 5.38. The Kier molecular flexibility index (Phi) is 9.09.